The third-order valence-electron chi connectivity index (χ3n) is 7.87. The molecular formula is C29H36F2N4O3. The molecule has 0 unspecified atom stereocenters. The van der Waals surface area contributed by atoms with Gasteiger partial charge in [0.05, 0.1) is 25.9 Å². The van der Waals surface area contributed by atoms with Crippen molar-refractivity contribution in [2.45, 2.75) is 37.5 Å². The van der Waals surface area contributed by atoms with Gasteiger partial charge in [0.2, 0.25) is 0 Å². The van der Waals surface area contributed by atoms with E-state index >= 15 is 4.39 Å². The number of nitrogens with one attached hydrogen (secondary N) is 1. The molecular weight excluding hydrogens is 490 g/mol. The summed E-state index contributed by atoms with van der Waals surface area (Å²) in [5.41, 5.74) is 4.08. The number of hydrogen-bond donors (Lipinski definition) is 2. The van der Waals surface area contributed by atoms with Crippen LogP contribution in [0.2, 0.25) is 0 Å². The first-order chi connectivity index (χ1) is 18.3. The minimum atomic E-state index is -1.36. The monoisotopic (exact) mass is 526 g/mol. The lowest BCUT2D eigenvalue weighted by Gasteiger charge is -2.46. The highest BCUT2D eigenvalue weighted by atomic mass is 19.1. The lowest BCUT2D eigenvalue weighted by molar-refractivity contribution is -0.147. The lowest BCUT2D eigenvalue weighted by atomic mass is 9.87. The van der Waals surface area contributed by atoms with Crippen molar-refractivity contribution in [2.24, 2.45) is 0 Å². The van der Waals surface area contributed by atoms with Gasteiger partial charge in [0, 0.05) is 61.6 Å². The number of carboxylic acid groups (broad SMARTS) is 1. The zero-order chi connectivity index (χ0) is 26.9. The van der Waals surface area contributed by atoms with E-state index < -0.39 is 18.4 Å². The fourth-order valence-corrected chi connectivity index (χ4v) is 5.74. The maximum atomic E-state index is 15.4. The quantitative estimate of drug-likeness (QED) is 0.388. The number of alkyl halides is 2. The minimum absolute atomic E-state index is 0.119. The number of para-hydroxylation sites is 1. The van der Waals surface area contributed by atoms with Crippen molar-refractivity contribution in [2.75, 3.05) is 58.0 Å². The van der Waals surface area contributed by atoms with Crippen molar-refractivity contribution in [3.05, 3.63) is 65.4 Å². The number of likely N-dealkylation sites (N-methyl/N-ethyl adjacent to an activating group) is 1. The van der Waals surface area contributed by atoms with Gasteiger partial charge < -0.3 is 24.6 Å². The number of H-pyrrole nitrogens is 1. The van der Waals surface area contributed by atoms with Crippen molar-refractivity contribution in [1.29, 1.82) is 0 Å². The predicted molar refractivity (Wildman–Crippen MR) is 145 cm³/mol. The number of fused-ring (bicyclic) bond motifs is 3. The number of rotatable bonds is 10. The van der Waals surface area contributed by atoms with Gasteiger partial charge in [-0.2, -0.15) is 0 Å². The van der Waals surface area contributed by atoms with Crippen LogP contribution < -0.4 is 4.90 Å². The van der Waals surface area contributed by atoms with E-state index in [1.54, 1.807) is 0 Å². The molecule has 3 aromatic rings. The molecule has 2 N–H and O–H groups in total. The second-order valence-electron chi connectivity index (χ2n) is 10.7. The Labute approximate surface area is 222 Å². The molecule has 2 aliphatic heterocycles. The summed E-state index contributed by atoms with van der Waals surface area (Å²) in [5, 5.41) is 10.7. The van der Waals surface area contributed by atoms with E-state index in [0.717, 1.165) is 28.9 Å². The van der Waals surface area contributed by atoms with E-state index in [0.29, 0.717) is 6.54 Å². The Morgan fingerprint density at radius 1 is 1.18 bits per heavy atom. The van der Waals surface area contributed by atoms with Gasteiger partial charge in [-0.15, -0.1) is 0 Å². The molecule has 9 heteroatoms. The van der Waals surface area contributed by atoms with Crippen LogP contribution in [0.25, 0.3) is 10.9 Å². The normalized spacial score (nSPS) is 20.6. The molecule has 0 spiro atoms. The van der Waals surface area contributed by atoms with Crippen molar-refractivity contribution in [1.82, 2.24) is 14.8 Å². The van der Waals surface area contributed by atoms with Gasteiger partial charge in [-0.05, 0) is 49.1 Å². The Balaban J connectivity index is 1.46. The summed E-state index contributed by atoms with van der Waals surface area (Å²) in [6.07, 6.45) is -0.0234. The Hall–Kier alpha value is -3.17. The predicted octanol–water partition coefficient (Wildman–Crippen LogP) is 5.02. The van der Waals surface area contributed by atoms with Crippen LogP contribution in [0.1, 0.15) is 36.2 Å². The SMILES string of the molecule is C[C@@H]1Cc2c([nH]c3ccccc23)[C@@H](c2cccc(N(C)CCN(CCCF)C(=O)O)c2)N1CC1(F)COC1. The molecule has 0 aliphatic carbocycles. The van der Waals surface area contributed by atoms with Crippen molar-refractivity contribution >= 4 is 22.7 Å². The smallest absolute Gasteiger partial charge is 0.407 e. The van der Waals surface area contributed by atoms with Gasteiger partial charge in [0.15, 0.2) is 5.67 Å². The maximum absolute atomic E-state index is 15.4. The van der Waals surface area contributed by atoms with Crippen LogP contribution in [-0.4, -0.2) is 90.8 Å². The topological polar surface area (TPSA) is 72.0 Å². The van der Waals surface area contributed by atoms with Crippen molar-refractivity contribution < 1.29 is 23.4 Å². The summed E-state index contributed by atoms with van der Waals surface area (Å²) in [6.45, 7) is 3.06. The molecule has 1 amide bonds. The molecule has 38 heavy (non-hydrogen) atoms. The molecule has 1 aromatic heterocycles. The standard InChI is InChI=1S/C29H36F2N4O3/c1-20-15-24-23-9-3-4-10-25(23)32-26(24)27(35(20)17-29(31)18-38-19-29)21-7-5-8-22(16-21)33(2)13-14-34(28(36)37)12-6-11-30/h3-5,7-10,16,20,27,32H,6,11-15,17-19H2,1-2H3,(H,36,37)/t20-,27-/m1/s1. The van der Waals surface area contributed by atoms with Crippen LogP contribution in [0.4, 0.5) is 19.3 Å². The van der Waals surface area contributed by atoms with Crippen LogP contribution in [-0.2, 0) is 11.2 Å². The number of benzene rings is 2. The third kappa shape index (κ3) is 5.22. The van der Waals surface area contributed by atoms with Crippen LogP contribution in [0, 0.1) is 0 Å². The first-order valence-corrected chi connectivity index (χ1v) is 13.3. The number of aromatic amines is 1. The van der Waals surface area contributed by atoms with Crippen LogP contribution >= 0.6 is 0 Å². The molecule has 2 atom stereocenters. The summed E-state index contributed by atoms with van der Waals surface area (Å²) < 4.78 is 33.2. The van der Waals surface area contributed by atoms with E-state index in [-0.39, 0.29) is 51.4 Å². The Bertz CT molecular complexity index is 1280. The van der Waals surface area contributed by atoms with Crippen molar-refractivity contribution in [3.8, 4) is 0 Å². The molecule has 7 nitrogen and oxygen atoms in total. The average molecular weight is 527 g/mol. The number of aromatic nitrogens is 1. The molecule has 204 valence electrons. The van der Waals surface area contributed by atoms with E-state index in [2.05, 4.69) is 41.1 Å². The van der Waals surface area contributed by atoms with Gasteiger partial charge in [0.25, 0.3) is 0 Å². The fraction of sp³-hybridized carbons (Fsp3) is 0.483. The number of amides is 1. The highest BCUT2D eigenvalue weighted by Gasteiger charge is 2.45. The number of halogens is 2. The molecule has 1 saturated heterocycles. The van der Waals surface area contributed by atoms with E-state index in [1.807, 2.05) is 36.2 Å². The van der Waals surface area contributed by atoms with Gasteiger partial charge in [0.1, 0.15) is 0 Å². The highest BCUT2D eigenvalue weighted by Crippen LogP contribution is 2.43. The molecule has 0 radical (unpaired) electrons. The van der Waals surface area contributed by atoms with Gasteiger partial charge in [-0.25, -0.2) is 9.18 Å². The minimum Gasteiger partial charge on any atom is -0.465 e. The summed E-state index contributed by atoms with van der Waals surface area (Å²) in [5.74, 6) is 0. The highest BCUT2D eigenvalue weighted by molar-refractivity contribution is 5.85. The van der Waals surface area contributed by atoms with E-state index in [4.69, 9.17) is 4.74 Å². The first kappa shape index (κ1) is 26.4. The zero-order valence-electron chi connectivity index (χ0n) is 22.0. The van der Waals surface area contributed by atoms with Crippen LogP contribution in [0.5, 0.6) is 0 Å². The molecule has 0 saturated carbocycles. The van der Waals surface area contributed by atoms with Gasteiger partial charge in [-0.1, -0.05) is 30.3 Å². The van der Waals surface area contributed by atoms with Crippen molar-refractivity contribution in [3.63, 3.8) is 0 Å². The van der Waals surface area contributed by atoms with E-state index in [9.17, 15) is 14.3 Å². The fourth-order valence-electron chi connectivity index (χ4n) is 5.74. The van der Waals surface area contributed by atoms with Gasteiger partial charge >= 0.3 is 6.09 Å². The first-order valence-electron chi connectivity index (χ1n) is 13.3. The maximum Gasteiger partial charge on any atom is 0.407 e. The van der Waals surface area contributed by atoms with E-state index in [1.165, 1.54) is 15.8 Å². The molecule has 2 aliphatic rings. The number of anilines is 1. The average Bonchev–Trinajstić information content (AvgIpc) is 3.25. The zero-order valence-corrected chi connectivity index (χ0v) is 22.0. The summed E-state index contributed by atoms with van der Waals surface area (Å²) in [7, 11) is 1.92. The number of carbonyl (C=O) groups is 1. The summed E-state index contributed by atoms with van der Waals surface area (Å²) in [6, 6.07) is 16.4. The largest absolute Gasteiger partial charge is 0.465 e. The Morgan fingerprint density at radius 3 is 2.68 bits per heavy atom. The van der Waals surface area contributed by atoms with Gasteiger partial charge in [-0.3, -0.25) is 9.29 Å². The molecule has 0 bridgehead atoms. The summed E-state index contributed by atoms with van der Waals surface area (Å²) >= 11 is 0. The molecule has 5 rings (SSSR count). The molecule has 3 heterocycles. The summed E-state index contributed by atoms with van der Waals surface area (Å²) in [4.78, 5) is 20.7. The number of hydrogen-bond acceptors (Lipinski definition) is 4. The second-order valence-corrected chi connectivity index (χ2v) is 10.7. The lowest BCUT2D eigenvalue weighted by Crippen LogP contribution is -2.57. The molecule has 2 aromatic carbocycles. The van der Waals surface area contributed by atoms with Crippen LogP contribution in [0.15, 0.2) is 48.5 Å². The number of ether oxygens (including phenoxy) is 1. The Kier molecular flexibility index (Phi) is 7.59. The second kappa shape index (κ2) is 10.9. The third-order valence-corrected chi connectivity index (χ3v) is 7.87. The van der Waals surface area contributed by atoms with Crippen LogP contribution in [0.3, 0.4) is 0 Å². The Morgan fingerprint density at radius 2 is 1.97 bits per heavy atom. The number of nitrogens with zero attached hydrogens (tertiary/aromatic N) is 3. The molecule has 1 fully saturated rings.